The highest BCUT2D eigenvalue weighted by Crippen LogP contribution is 2.35. The van der Waals surface area contributed by atoms with E-state index in [0.29, 0.717) is 19.1 Å². The molecule has 0 radical (unpaired) electrons. The van der Waals surface area contributed by atoms with Crippen molar-refractivity contribution in [3.05, 3.63) is 18.2 Å². The molecule has 1 aliphatic carbocycles. The molecule has 1 aliphatic heterocycles. The Balaban J connectivity index is 1.73. The number of aromatic nitrogens is 2. The molecular weight excluding hydrogens is 232 g/mol. The van der Waals surface area contributed by atoms with E-state index in [2.05, 4.69) is 14.9 Å². The Labute approximate surface area is 106 Å². The Morgan fingerprint density at radius 2 is 2.39 bits per heavy atom. The Morgan fingerprint density at radius 3 is 3.11 bits per heavy atom. The topological polar surface area (TPSA) is 70.4 Å². The molecule has 0 aromatic carbocycles. The van der Waals surface area contributed by atoms with Crippen molar-refractivity contribution in [1.82, 2.24) is 19.8 Å². The van der Waals surface area contributed by atoms with Crippen molar-refractivity contribution >= 4 is 5.97 Å². The molecule has 3 rings (SSSR count). The van der Waals surface area contributed by atoms with Crippen molar-refractivity contribution in [2.24, 2.45) is 0 Å². The van der Waals surface area contributed by atoms with E-state index in [1.807, 2.05) is 17.4 Å². The van der Waals surface area contributed by atoms with Gasteiger partial charge in [0, 0.05) is 38.4 Å². The summed E-state index contributed by atoms with van der Waals surface area (Å²) in [6.45, 7) is 2.82. The van der Waals surface area contributed by atoms with Crippen LogP contribution in [0.4, 0.5) is 0 Å². The standard InChI is InChI=1S/C12H18N4O2/c17-12(18)11-6-13-3-4-15(11)7-10-5-14-8-16(10)9-1-2-9/h5,8-9,11,13H,1-4,6-7H2,(H,17,18). The highest BCUT2D eigenvalue weighted by atomic mass is 16.4. The van der Waals surface area contributed by atoms with Crippen LogP contribution < -0.4 is 5.32 Å². The molecular formula is C12H18N4O2. The lowest BCUT2D eigenvalue weighted by molar-refractivity contribution is -0.144. The third-order valence-corrected chi connectivity index (χ3v) is 3.69. The minimum absolute atomic E-state index is 0.429. The molecule has 2 fully saturated rings. The lowest BCUT2D eigenvalue weighted by Crippen LogP contribution is -2.54. The number of carbonyl (C=O) groups is 1. The smallest absolute Gasteiger partial charge is 0.322 e. The molecule has 1 saturated carbocycles. The number of nitrogens with zero attached hydrogens (tertiary/aromatic N) is 3. The van der Waals surface area contributed by atoms with Crippen LogP contribution in [0.3, 0.4) is 0 Å². The van der Waals surface area contributed by atoms with Gasteiger partial charge in [0.1, 0.15) is 6.04 Å². The summed E-state index contributed by atoms with van der Waals surface area (Å²) in [7, 11) is 0. The fraction of sp³-hybridized carbons (Fsp3) is 0.667. The van der Waals surface area contributed by atoms with Crippen molar-refractivity contribution in [3.63, 3.8) is 0 Å². The van der Waals surface area contributed by atoms with E-state index >= 15 is 0 Å². The Kier molecular flexibility index (Phi) is 3.05. The second-order valence-corrected chi connectivity index (χ2v) is 5.05. The third-order valence-electron chi connectivity index (χ3n) is 3.69. The maximum atomic E-state index is 11.2. The van der Waals surface area contributed by atoms with Crippen LogP contribution in [-0.2, 0) is 11.3 Å². The van der Waals surface area contributed by atoms with E-state index in [9.17, 15) is 9.90 Å². The van der Waals surface area contributed by atoms with Gasteiger partial charge in [-0.25, -0.2) is 4.98 Å². The lowest BCUT2D eigenvalue weighted by Gasteiger charge is -2.33. The number of nitrogens with one attached hydrogen (secondary N) is 1. The van der Waals surface area contributed by atoms with Gasteiger partial charge in [-0.1, -0.05) is 0 Å². The first-order valence-corrected chi connectivity index (χ1v) is 6.44. The molecule has 1 unspecified atom stereocenters. The van der Waals surface area contributed by atoms with E-state index in [4.69, 9.17) is 0 Å². The first-order chi connectivity index (χ1) is 8.75. The van der Waals surface area contributed by atoms with Crippen LogP contribution in [0.2, 0.25) is 0 Å². The number of carboxylic acids is 1. The molecule has 0 amide bonds. The molecule has 1 aromatic rings. The summed E-state index contributed by atoms with van der Waals surface area (Å²) in [5.74, 6) is -0.750. The van der Waals surface area contributed by atoms with Gasteiger partial charge in [0.05, 0.1) is 12.0 Å². The fourth-order valence-electron chi connectivity index (χ4n) is 2.52. The zero-order valence-electron chi connectivity index (χ0n) is 10.2. The molecule has 6 heteroatoms. The zero-order chi connectivity index (χ0) is 12.5. The van der Waals surface area contributed by atoms with Crippen molar-refractivity contribution < 1.29 is 9.90 Å². The summed E-state index contributed by atoms with van der Waals surface area (Å²) in [5, 5.41) is 12.4. The number of hydrogen-bond donors (Lipinski definition) is 2. The van der Waals surface area contributed by atoms with Crippen molar-refractivity contribution in [2.45, 2.75) is 31.5 Å². The minimum atomic E-state index is -0.750. The number of carboxylic acid groups (broad SMARTS) is 1. The normalized spacial score (nSPS) is 25.2. The van der Waals surface area contributed by atoms with Crippen LogP contribution in [0.1, 0.15) is 24.6 Å². The summed E-state index contributed by atoms with van der Waals surface area (Å²) >= 11 is 0. The molecule has 1 saturated heterocycles. The molecule has 2 heterocycles. The Bertz CT molecular complexity index is 441. The van der Waals surface area contributed by atoms with E-state index in [1.165, 1.54) is 12.8 Å². The highest BCUT2D eigenvalue weighted by molar-refractivity contribution is 5.73. The number of aliphatic carboxylic acids is 1. The summed E-state index contributed by atoms with van der Waals surface area (Å²) in [6.07, 6.45) is 6.16. The summed E-state index contributed by atoms with van der Waals surface area (Å²) in [5.41, 5.74) is 1.13. The van der Waals surface area contributed by atoms with E-state index in [-0.39, 0.29) is 0 Å². The van der Waals surface area contributed by atoms with Gasteiger partial charge in [0.15, 0.2) is 0 Å². The van der Waals surface area contributed by atoms with Crippen LogP contribution in [-0.4, -0.2) is 51.2 Å². The number of hydrogen-bond acceptors (Lipinski definition) is 4. The quantitative estimate of drug-likeness (QED) is 0.791. The molecule has 18 heavy (non-hydrogen) atoms. The van der Waals surface area contributed by atoms with E-state index < -0.39 is 12.0 Å². The highest BCUT2D eigenvalue weighted by Gasteiger charge is 2.30. The molecule has 1 atom stereocenters. The van der Waals surface area contributed by atoms with Crippen LogP contribution >= 0.6 is 0 Å². The van der Waals surface area contributed by atoms with Crippen LogP contribution in [0.5, 0.6) is 0 Å². The molecule has 98 valence electrons. The molecule has 1 aromatic heterocycles. The van der Waals surface area contributed by atoms with Crippen molar-refractivity contribution in [1.29, 1.82) is 0 Å². The molecule has 0 bridgehead atoms. The first kappa shape index (κ1) is 11.7. The molecule has 0 spiro atoms. The van der Waals surface area contributed by atoms with Gasteiger partial charge in [0.25, 0.3) is 0 Å². The lowest BCUT2D eigenvalue weighted by atomic mass is 10.2. The van der Waals surface area contributed by atoms with Gasteiger partial charge < -0.3 is 15.0 Å². The van der Waals surface area contributed by atoms with Gasteiger partial charge in [-0.15, -0.1) is 0 Å². The van der Waals surface area contributed by atoms with Crippen LogP contribution in [0.15, 0.2) is 12.5 Å². The van der Waals surface area contributed by atoms with Gasteiger partial charge in [-0.3, -0.25) is 9.69 Å². The van der Waals surface area contributed by atoms with Crippen molar-refractivity contribution in [2.75, 3.05) is 19.6 Å². The van der Waals surface area contributed by atoms with E-state index in [0.717, 1.165) is 18.8 Å². The zero-order valence-corrected chi connectivity index (χ0v) is 10.2. The average Bonchev–Trinajstić information content (AvgIpc) is 3.11. The maximum Gasteiger partial charge on any atom is 0.322 e. The third kappa shape index (κ3) is 2.26. The second kappa shape index (κ2) is 4.70. The average molecular weight is 250 g/mol. The second-order valence-electron chi connectivity index (χ2n) is 5.05. The van der Waals surface area contributed by atoms with Gasteiger partial charge in [0.2, 0.25) is 0 Å². The molecule has 2 aliphatic rings. The van der Waals surface area contributed by atoms with Crippen LogP contribution in [0.25, 0.3) is 0 Å². The Morgan fingerprint density at radius 1 is 1.56 bits per heavy atom. The largest absolute Gasteiger partial charge is 0.480 e. The van der Waals surface area contributed by atoms with E-state index in [1.54, 1.807) is 0 Å². The maximum absolute atomic E-state index is 11.2. The monoisotopic (exact) mass is 250 g/mol. The fourth-order valence-corrected chi connectivity index (χ4v) is 2.52. The summed E-state index contributed by atoms with van der Waals surface area (Å²) in [6, 6.07) is 0.162. The first-order valence-electron chi connectivity index (χ1n) is 6.44. The Hall–Kier alpha value is -1.40. The van der Waals surface area contributed by atoms with Gasteiger partial charge >= 0.3 is 5.97 Å². The summed E-state index contributed by atoms with van der Waals surface area (Å²) in [4.78, 5) is 17.4. The molecule has 2 N–H and O–H groups in total. The summed E-state index contributed by atoms with van der Waals surface area (Å²) < 4.78 is 2.20. The number of imidazole rings is 1. The predicted octanol–water partition coefficient (Wildman–Crippen LogP) is 0.0764. The predicted molar refractivity (Wildman–Crippen MR) is 65.2 cm³/mol. The number of piperazine rings is 1. The number of rotatable bonds is 4. The molecule has 6 nitrogen and oxygen atoms in total. The minimum Gasteiger partial charge on any atom is -0.480 e. The van der Waals surface area contributed by atoms with Gasteiger partial charge in [-0.05, 0) is 12.8 Å². The van der Waals surface area contributed by atoms with Crippen molar-refractivity contribution in [3.8, 4) is 0 Å². The van der Waals surface area contributed by atoms with Crippen LogP contribution in [0, 0.1) is 0 Å². The SMILES string of the molecule is O=C(O)C1CNCCN1Cc1cncn1C1CC1. The van der Waals surface area contributed by atoms with Gasteiger partial charge in [-0.2, -0.15) is 0 Å².